The van der Waals surface area contributed by atoms with Crippen LogP contribution in [0.25, 0.3) is 11.3 Å². The van der Waals surface area contributed by atoms with Crippen molar-refractivity contribution in [2.45, 2.75) is 18.9 Å². The Labute approximate surface area is 124 Å². The molecule has 0 radical (unpaired) electrons. The van der Waals surface area contributed by atoms with Crippen molar-refractivity contribution in [1.82, 2.24) is 10.2 Å². The molecule has 1 atom stereocenters. The van der Waals surface area contributed by atoms with Gasteiger partial charge in [-0.15, -0.1) is 0 Å². The van der Waals surface area contributed by atoms with E-state index in [0.29, 0.717) is 6.04 Å². The largest absolute Gasteiger partial charge is 0.378 e. The molecule has 0 spiro atoms. The third kappa shape index (κ3) is 2.31. The number of fused-ring (bicyclic) bond motifs is 1. The minimum Gasteiger partial charge on any atom is -0.378 e. The second kappa shape index (κ2) is 5.09. The van der Waals surface area contributed by atoms with Crippen LogP contribution >= 0.6 is 0 Å². The zero-order valence-electron chi connectivity index (χ0n) is 11.7. The first-order chi connectivity index (χ1) is 10.4. The first kappa shape index (κ1) is 12.2. The molecule has 1 aromatic heterocycles. The highest BCUT2D eigenvalue weighted by Crippen LogP contribution is 2.33. The van der Waals surface area contributed by atoms with Gasteiger partial charge < -0.3 is 5.32 Å². The fourth-order valence-corrected chi connectivity index (χ4v) is 3.07. The van der Waals surface area contributed by atoms with E-state index in [1.807, 2.05) is 6.07 Å². The summed E-state index contributed by atoms with van der Waals surface area (Å²) in [7, 11) is 0. The summed E-state index contributed by atoms with van der Waals surface area (Å²) < 4.78 is 0. The van der Waals surface area contributed by atoms with Crippen LogP contribution < -0.4 is 5.32 Å². The van der Waals surface area contributed by atoms with E-state index in [9.17, 15) is 0 Å². The molecule has 0 amide bonds. The van der Waals surface area contributed by atoms with Gasteiger partial charge in [0.05, 0.1) is 11.7 Å². The molecule has 4 rings (SSSR count). The number of nitrogens with one attached hydrogen (secondary N) is 2. The van der Waals surface area contributed by atoms with Crippen LogP contribution in [-0.4, -0.2) is 10.2 Å². The maximum atomic E-state index is 3.99. The molecule has 0 bridgehead atoms. The van der Waals surface area contributed by atoms with E-state index in [4.69, 9.17) is 0 Å². The van der Waals surface area contributed by atoms with Crippen molar-refractivity contribution >= 4 is 5.69 Å². The van der Waals surface area contributed by atoms with Crippen LogP contribution in [0.5, 0.6) is 0 Å². The van der Waals surface area contributed by atoms with Gasteiger partial charge in [0.1, 0.15) is 0 Å². The van der Waals surface area contributed by atoms with E-state index in [-0.39, 0.29) is 0 Å². The Morgan fingerprint density at radius 3 is 2.67 bits per heavy atom. The van der Waals surface area contributed by atoms with Gasteiger partial charge in [-0.25, -0.2) is 0 Å². The molecule has 2 aromatic carbocycles. The zero-order valence-corrected chi connectivity index (χ0v) is 11.7. The Hall–Kier alpha value is -2.55. The van der Waals surface area contributed by atoms with Gasteiger partial charge in [0.15, 0.2) is 0 Å². The smallest absolute Gasteiger partial charge is 0.0650 e. The van der Waals surface area contributed by atoms with Crippen molar-refractivity contribution in [3.8, 4) is 11.3 Å². The number of benzene rings is 2. The van der Waals surface area contributed by atoms with Crippen molar-refractivity contribution < 1.29 is 0 Å². The molecule has 3 heteroatoms. The van der Waals surface area contributed by atoms with Gasteiger partial charge in [0, 0.05) is 11.9 Å². The van der Waals surface area contributed by atoms with Crippen LogP contribution in [0.4, 0.5) is 5.69 Å². The van der Waals surface area contributed by atoms with Gasteiger partial charge in [0.2, 0.25) is 0 Å². The number of hydrogen-bond acceptors (Lipinski definition) is 2. The molecule has 1 heterocycles. The number of rotatable bonds is 3. The summed E-state index contributed by atoms with van der Waals surface area (Å²) in [6.07, 6.45) is 4.11. The second-order valence-corrected chi connectivity index (χ2v) is 5.48. The summed E-state index contributed by atoms with van der Waals surface area (Å²) in [5, 5.41) is 10.6. The summed E-state index contributed by atoms with van der Waals surface area (Å²) in [5.74, 6) is 0. The normalized spacial score (nSPS) is 16.7. The first-order valence-electron chi connectivity index (χ1n) is 7.34. The quantitative estimate of drug-likeness (QED) is 0.753. The summed E-state index contributed by atoms with van der Waals surface area (Å²) in [6, 6.07) is 19.6. The Bertz CT molecular complexity index is 729. The Morgan fingerprint density at radius 2 is 1.86 bits per heavy atom. The standard InChI is InChI=1S/C18H17N3/c1-2-4-16-13(3-1)7-10-18(16)20-15-8-5-14(6-9-15)17-11-12-19-21-17/h1-6,8-9,11-12,18,20H,7,10H2,(H,19,21). The summed E-state index contributed by atoms with van der Waals surface area (Å²) in [4.78, 5) is 0. The van der Waals surface area contributed by atoms with Crippen LogP contribution in [0.2, 0.25) is 0 Å². The number of anilines is 1. The average molecular weight is 275 g/mol. The lowest BCUT2D eigenvalue weighted by Crippen LogP contribution is -2.06. The van der Waals surface area contributed by atoms with Crippen LogP contribution in [0.3, 0.4) is 0 Å². The highest BCUT2D eigenvalue weighted by Gasteiger charge is 2.21. The van der Waals surface area contributed by atoms with Crippen molar-refractivity contribution in [1.29, 1.82) is 0 Å². The maximum Gasteiger partial charge on any atom is 0.0650 e. The molecule has 3 nitrogen and oxygen atoms in total. The van der Waals surface area contributed by atoms with Crippen LogP contribution in [0.15, 0.2) is 60.8 Å². The fourth-order valence-electron chi connectivity index (χ4n) is 3.07. The van der Waals surface area contributed by atoms with Crippen molar-refractivity contribution in [2.75, 3.05) is 5.32 Å². The van der Waals surface area contributed by atoms with Crippen LogP contribution in [0.1, 0.15) is 23.6 Å². The fraction of sp³-hybridized carbons (Fsp3) is 0.167. The number of nitrogens with zero attached hydrogens (tertiary/aromatic N) is 1. The molecular weight excluding hydrogens is 258 g/mol. The molecule has 1 aliphatic carbocycles. The Morgan fingerprint density at radius 1 is 1.00 bits per heavy atom. The highest BCUT2D eigenvalue weighted by molar-refractivity contribution is 5.62. The molecule has 104 valence electrons. The van der Waals surface area contributed by atoms with Crippen molar-refractivity contribution in [3.05, 3.63) is 71.9 Å². The molecule has 3 aromatic rings. The number of aromatic amines is 1. The average Bonchev–Trinajstić information content (AvgIpc) is 3.19. The lowest BCUT2D eigenvalue weighted by atomic mass is 10.1. The molecule has 0 saturated carbocycles. The molecule has 0 saturated heterocycles. The molecule has 0 fully saturated rings. The summed E-state index contributed by atoms with van der Waals surface area (Å²) >= 11 is 0. The van der Waals surface area contributed by atoms with E-state index in [0.717, 1.165) is 11.3 Å². The monoisotopic (exact) mass is 275 g/mol. The van der Waals surface area contributed by atoms with E-state index in [1.54, 1.807) is 6.20 Å². The minimum atomic E-state index is 0.430. The molecule has 21 heavy (non-hydrogen) atoms. The Balaban J connectivity index is 1.53. The van der Waals surface area contributed by atoms with Gasteiger partial charge >= 0.3 is 0 Å². The van der Waals surface area contributed by atoms with Crippen LogP contribution in [0, 0.1) is 0 Å². The first-order valence-corrected chi connectivity index (χ1v) is 7.34. The molecule has 0 aliphatic heterocycles. The van der Waals surface area contributed by atoms with Crippen molar-refractivity contribution in [2.24, 2.45) is 0 Å². The minimum absolute atomic E-state index is 0.430. The van der Waals surface area contributed by atoms with E-state index in [2.05, 4.69) is 64.0 Å². The van der Waals surface area contributed by atoms with E-state index < -0.39 is 0 Å². The molecular formula is C18H17N3. The second-order valence-electron chi connectivity index (χ2n) is 5.48. The van der Waals surface area contributed by atoms with E-state index in [1.165, 1.54) is 29.7 Å². The molecule has 1 unspecified atom stereocenters. The predicted molar refractivity (Wildman–Crippen MR) is 85.2 cm³/mol. The van der Waals surface area contributed by atoms with E-state index >= 15 is 0 Å². The topological polar surface area (TPSA) is 40.7 Å². The van der Waals surface area contributed by atoms with Gasteiger partial charge in [-0.3, -0.25) is 5.10 Å². The zero-order chi connectivity index (χ0) is 14.1. The van der Waals surface area contributed by atoms with Crippen molar-refractivity contribution in [3.63, 3.8) is 0 Å². The predicted octanol–water partition coefficient (Wildman–Crippen LogP) is 4.18. The summed E-state index contributed by atoms with van der Waals surface area (Å²) in [6.45, 7) is 0. The van der Waals surface area contributed by atoms with Gasteiger partial charge in [-0.05, 0) is 47.7 Å². The lowest BCUT2D eigenvalue weighted by Gasteiger charge is -2.15. The van der Waals surface area contributed by atoms with Crippen LogP contribution in [-0.2, 0) is 6.42 Å². The number of aromatic nitrogens is 2. The third-order valence-electron chi connectivity index (χ3n) is 4.17. The highest BCUT2D eigenvalue weighted by atomic mass is 15.1. The summed E-state index contributed by atoms with van der Waals surface area (Å²) in [5.41, 5.74) is 6.29. The van der Waals surface area contributed by atoms with Gasteiger partial charge in [-0.1, -0.05) is 36.4 Å². The molecule has 2 N–H and O–H groups in total. The lowest BCUT2D eigenvalue weighted by molar-refractivity contribution is 0.762. The SMILES string of the molecule is c1ccc2c(c1)CCC2Nc1ccc(-c2ccn[nH]2)cc1. The van der Waals surface area contributed by atoms with Gasteiger partial charge in [-0.2, -0.15) is 5.10 Å². The number of aryl methyl sites for hydroxylation is 1. The molecule has 1 aliphatic rings. The maximum absolute atomic E-state index is 3.99. The Kier molecular flexibility index (Phi) is 2.96. The van der Waals surface area contributed by atoms with Gasteiger partial charge in [0.25, 0.3) is 0 Å². The number of H-pyrrole nitrogens is 1. The third-order valence-corrected chi connectivity index (χ3v) is 4.17. The number of hydrogen-bond donors (Lipinski definition) is 2.